The lowest BCUT2D eigenvalue weighted by Gasteiger charge is -2.01. The van der Waals surface area contributed by atoms with Crippen LogP contribution >= 0.6 is 0 Å². The molecule has 0 aliphatic heterocycles. The molecule has 9 nitrogen and oxygen atoms in total. The molecule has 0 aliphatic rings. The summed E-state index contributed by atoms with van der Waals surface area (Å²) in [5.74, 6) is 0.0763. The number of hydrogen-bond acceptors (Lipinski definition) is 6. The molecule has 0 unspecified atom stereocenters. The van der Waals surface area contributed by atoms with Gasteiger partial charge in [0.15, 0.2) is 11.5 Å². The van der Waals surface area contributed by atoms with E-state index in [4.69, 9.17) is 4.42 Å². The summed E-state index contributed by atoms with van der Waals surface area (Å²) in [5, 5.41) is 21.3. The molecule has 9 heteroatoms. The fraction of sp³-hybridized carbons (Fsp3) is 0.0625. The predicted octanol–water partition coefficient (Wildman–Crippen LogP) is 2.73. The molecule has 2 aromatic heterocycles. The van der Waals surface area contributed by atoms with E-state index in [2.05, 4.69) is 20.7 Å². The van der Waals surface area contributed by atoms with Gasteiger partial charge in [0, 0.05) is 18.2 Å². The number of nitro benzene ring substituents is 1. The second-order valence-corrected chi connectivity index (χ2v) is 5.09. The summed E-state index contributed by atoms with van der Waals surface area (Å²) >= 11 is 0. The van der Waals surface area contributed by atoms with Crippen LogP contribution in [0.4, 0.5) is 5.69 Å². The number of aromatic nitrogens is 2. The van der Waals surface area contributed by atoms with Crippen LogP contribution in [0.25, 0.3) is 11.5 Å². The number of rotatable bonds is 5. The molecule has 0 saturated carbocycles. The first-order valence-electron chi connectivity index (χ1n) is 7.23. The van der Waals surface area contributed by atoms with Crippen LogP contribution in [-0.2, 0) is 0 Å². The first-order valence-corrected chi connectivity index (χ1v) is 7.23. The molecule has 126 valence electrons. The summed E-state index contributed by atoms with van der Waals surface area (Å²) in [6.45, 7) is 1.68. The maximum absolute atomic E-state index is 12.1. The third-order valence-corrected chi connectivity index (χ3v) is 3.42. The number of hydrogen-bond donors (Lipinski definition) is 2. The minimum Gasteiger partial charge on any atom is -0.463 e. The zero-order valence-corrected chi connectivity index (χ0v) is 13.1. The maximum Gasteiger partial charge on any atom is 0.291 e. The normalized spacial score (nSPS) is 11.3. The zero-order valence-electron chi connectivity index (χ0n) is 13.1. The number of hydrazone groups is 1. The van der Waals surface area contributed by atoms with Gasteiger partial charge in [-0.15, -0.1) is 0 Å². The number of nitrogens with one attached hydrogen (secondary N) is 2. The maximum atomic E-state index is 12.1. The molecule has 2 N–H and O–H groups in total. The lowest BCUT2D eigenvalue weighted by atomic mass is 10.1. The highest BCUT2D eigenvalue weighted by Gasteiger charge is 2.12. The predicted molar refractivity (Wildman–Crippen MR) is 89.1 cm³/mol. The zero-order chi connectivity index (χ0) is 17.8. The summed E-state index contributed by atoms with van der Waals surface area (Å²) < 4.78 is 5.22. The molecule has 0 atom stereocenters. The Bertz CT molecular complexity index is 926. The van der Waals surface area contributed by atoms with Gasteiger partial charge >= 0.3 is 0 Å². The molecular weight excluding hydrogens is 326 g/mol. The molecule has 3 rings (SSSR count). The van der Waals surface area contributed by atoms with Crippen LogP contribution in [0.15, 0.2) is 58.2 Å². The van der Waals surface area contributed by atoms with Crippen molar-refractivity contribution in [3.63, 3.8) is 0 Å². The highest BCUT2D eigenvalue weighted by atomic mass is 16.6. The molecule has 1 amide bonds. The van der Waals surface area contributed by atoms with E-state index in [1.54, 1.807) is 37.3 Å². The van der Waals surface area contributed by atoms with Gasteiger partial charge in [-0.1, -0.05) is 0 Å². The van der Waals surface area contributed by atoms with E-state index in [0.717, 1.165) is 0 Å². The fourth-order valence-corrected chi connectivity index (χ4v) is 2.08. The summed E-state index contributed by atoms with van der Waals surface area (Å²) in [5.41, 5.74) is 4.28. The summed E-state index contributed by atoms with van der Waals surface area (Å²) in [6.07, 6.45) is 1.52. The van der Waals surface area contributed by atoms with Crippen molar-refractivity contribution in [2.75, 3.05) is 0 Å². The van der Waals surface area contributed by atoms with Gasteiger partial charge in [0.2, 0.25) is 0 Å². The Hall–Kier alpha value is -3.75. The standard InChI is InChI=1S/C16H13N5O4/c1-10(11-4-6-12(7-5-11)21(23)24)17-20-16(22)14-9-13(18-19-14)15-3-2-8-25-15/h2-9H,1H3,(H,18,19)(H,20,22)/b17-10-. The van der Waals surface area contributed by atoms with Gasteiger partial charge in [-0.3, -0.25) is 20.0 Å². The molecule has 0 radical (unpaired) electrons. The molecule has 0 fully saturated rings. The van der Waals surface area contributed by atoms with Gasteiger partial charge in [0.25, 0.3) is 11.6 Å². The van der Waals surface area contributed by atoms with Gasteiger partial charge < -0.3 is 4.42 Å². The first kappa shape index (κ1) is 16.1. The van der Waals surface area contributed by atoms with E-state index in [0.29, 0.717) is 22.7 Å². The van der Waals surface area contributed by atoms with Gasteiger partial charge in [-0.25, -0.2) is 5.43 Å². The molecule has 1 aromatic carbocycles. The topological polar surface area (TPSA) is 126 Å². The number of aromatic amines is 1. The van der Waals surface area contributed by atoms with Crippen molar-refractivity contribution >= 4 is 17.3 Å². The Morgan fingerprint density at radius 3 is 2.72 bits per heavy atom. The molecule has 3 aromatic rings. The van der Waals surface area contributed by atoms with Crippen LogP contribution < -0.4 is 5.43 Å². The SMILES string of the molecule is C/C(=N/NC(=O)c1cc(-c2ccco2)[nH]n1)c1ccc([N+](=O)[O-])cc1. The van der Waals surface area contributed by atoms with E-state index in [9.17, 15) is 14.9 Å². The molecule has 0 bridgehead atoms. The summed E-state index contributed by atoms with van der Waals surface area (Å²) in [6, 6.07) is 10.9. The largest absolute Gasteiger partial charge is 0.463 e. The van der Waals surface area contributed by atoms with Crippen LogP contribution in [0.5, 0.6) is 0 Å². The van der Waals surface area contributed by atoms with Crippen LogP contribution in [0.2, 0.25) is 0 Å². The highest BCUT2D eigenvalue weighted by molar-refractivity contribution is 6.00. The van der Waals surface area contributed by atoms with Gasteiger partial charge in [0.1, 0.15) is 5.69 Å². The number of non-ortho nitro benzene ring substituents is 1. The number of benzene rings is 1. The quantitative estimate of drug-likeness (QED) is 0.420. The molecule has 25 heavy (non-hydrogen) atoms. The van der Waals surface area contributed by atoms with Crippen molar-refractivity contribution in [2.24, 2.45) is 5.10 Å². The van der Waals surface area contributed by atoms with Crippen molar-refractivity contribution in [3.05, 3.63) is 70.1 Å². The molecule has 0 aliphatic carbocycles. The van der Waals surface area contributed by atoms with E-state index in [-0.39, 0.29) is 11.4 Å². The van der Waals surface area contributed by atoms with Crippen LogP contribution in [0.3, 0.4) is 0 Å². The Balaban J connectivity index is 1.68. The van der Waals surface area contributed by atoms with Crippen LogP contribution in [0, 0.1) is 10.1 Å². The minimum atomic E-state index is -0.490. The van der Waals surface area contributed by atoms with Crippen molar-refractivity contribution in [1.82, 2.24) is 15.6 Å². The molecule has 0 spiro atoms. The van der Waals surface area contributed by atoms with Crippen molar-refractivity contribution < 1.29 is 14.1 Å². The monoisotopic (exact) mass is 339 g/mol. The molecule has 0 saturated heterocycles. The van der Waals surface area contributed by atoms with Gasteiger partial charge in [-0.05, 0) is 36.8 Å². The minimum absolute atomic E-state index is 0.0115. The Morgan fingerprint density at radius 1 is 1.32 bits per heavy atom. The number of carbonyl (C=O) groups excluding carboxylic acids is 1. The number of nitro groups is 1. The average Bonchev–Trinajstić information content (AvgIpc) is 3.30. The van der Waals surface area contributed by atoms with Crippen molar-refractivity contribution in [2.45, 2.75) is 6.92 Å². The van der Waals surface area contributed by atoms with Crippen LogP contribution in [0.1, 0.15) is 23.0 Å². The lowest BCUT2D eigenvalue weighted by Crippen LogP contribution is -2.19. The second kappa shape index (κ2) is 6.79. The lowest BCUT2D eigenvalue weighted by molar-refractivity contribution is -0.384. The highest BCUT2D eigenvalue weighted by Crippen LogP contribution is 2.17. The second-order valence-electron chi connectivity index (χ2n) is 5.09. The van der Waals surface area contributed by atoms with E-state index in [1.165, 1.54) is 18.4 Å². The molecular formula is C16H13N5O4. The number of furan rings is 1. The average molecular weight is 339 g/mol. The Morgan fingerprint density at radius 2 is 2.08 bits per heavy atom. The van der Waals surface area contributed by atoms with E-state index in [1.807, 2.05) is 0 Å². The van der Waals surface area contributed by atoms with Gasteiger partial charge in [-0.2, -0.15) is 10.2 Å². The Kier molecular flexibility index (Phi) is 4.38. The number of amides is 1. The summed E-state index contributed by atoms with van der Waals surface area (Å²) in [7, 11) is 0. The van der Waals surface area contributed by atoms with E-state index >= 15 is 0 Å². The van der Waals surface area contributed by atoms with Crippen molar-refractivity contribution in [3.8, 4) is 11.5 Å². The summed E-state index contributed by atoms with van der Waals surface area (Å²) in [4.78, 5) is 22.2. The molecule has 2 heterocycles. The first-order chi connectivity index (χ1) is 12.0. The van der Waals surface area contributed by atoms with E-state index < -0.39 is 10.8 Å². The number of carbonyl (C=O) groups is 1. The van der Waals surface area contributed by atoms with Gasteiger partial charge in [0.05, 0.1) is 16.9 Å². The fourth-order valence-electron chi connectivity index (χ4n) is 2.08. The third kappa shape index (κ3) is 3.61. The number of nitrogens with zero attached hydrogens (tertiary/aromatic N) is 3. The van der Waals surface area contributed by atoms with Crippen LogP contribution in [-0.4, -0.2) is 26.7 Å². The number of H-pyrrole nitrogens is 1. The Labute approximate surface area is 141 Å². The third-order valence-electron chi connectivity index (χ3n) is 3.42. The smallest absolute Gasteiger partial charge is 0.291 e. The van der Waals surface area contributed by atoms with Crippen molar-refractivity contribution in [1.29, 1.82) is 0 Å².